The highest BCUT2D eigenvalue weighted by molar-refractivity contribution is 5.15. The Kier molecular flexibility index (Phi) is 3.41. The van der Waals surface area contributed by atoms with Crippen LogP contribution in [-0.2, 0) is 0 Å². The highest BCUT2D eigenvalue weighted by Crippen LogP contribution is 2.27. The van der Waals surface area contributed by atoms with E-state index in [2.05, 4.69) is 12.2 Å². The zero-order valence-electron chi connectivity index (χ0n) is 8.84. The Bertz CT molecular complexity index is 248. The molecule has 0 aromatic rings. The molecule has 2 aliphatic carbocycles. The van der Waals surface area contributed by atoms with Crippen molar-refractivity contribution in [2.24, 2.45) is 0 Å². The number of hydrogen-bond acceptors (Lipinski definition) is 1. The summed E-state index contributed by atoms with van der Waals surface area (Å²) in [6.07, 6.45) is 14.2. The van der Waals surface area contributed by atoms with E-state index in [4.69, 9.17) is 0 Å². The van der Waals surface area contributed by atoms with E-state index in [1.54, 1.807) is 5.57 Å². The molecule has 14 heavy (non-hydrogen) atoms. The highest BCUT2D eigenvalue weighted by Gasteiger charge is 2.13. The molecule has 78 valence electrons. The summed E-state index contributed by atoms with van der Waals surface area (Å²) in [6.45, 7) is 0. The van der Waals surface area contributed by atoms with E-state index in [-0.39, 0.29) is 6.10 Å². The molecule has 0 amide bonds. The van der Waals surface area contributed by atoms with Crippen LogP contribution in [0.15, 0.2) is 23.3 Å². The molecule has 2 aliphatic rings. The first-order chi connectivity index (χ1) is 6.84. The molecule has 2 rings (SSSR count). The minimum atomic E-state index is -0.148. The van der Waals surface area contributed by atoms with E-state index in [9.17, 15) is 5.11 Å². The van der Waals surface area contributed by atoms with Gasteiger partial charge in [-0.05, 0) is 51.4 Å². The number of aliphatic hydroxyl groups is 1. The first-order valence-corrected chi connectivity index (χ1v) is 5.90. The molecule has 1 nitrogen and oxygen atoms in total. The van der Waals surface area contributed by atoms with Crippen LogP contribution >= 0.6 is 0 Å². The van der Waals surface area contributed by atoms with Crippen LogP contribution in [0.25, 0.3) is 0 Å². The third-order valence-electron chi connectivity index (χ3n) is 3.34. The second-order valence-electron chi connectivity index (χ2n) is 4.54. The van der Waals surface area contributed by atoms with Gasteiger partial charge in [-0.2, -0.15) is 0 Å². The summed E-state index contributed by atoms with van der Waals surface area (Å²) in [7, 11) is 0. The van der Waals surface area contributed by atoms with Crippen molar-refractivity contribution < 1.29 is 5.11 Å². The van der Waals surface area contributed by atoms with E-state index in [0.29, 0.717) is 0 Å². The van der Waals surface area contributed by atoms with Crippen LogP contribution in [-0.4, -0.2) is 11.2 Å². The van der Waals surface area contributed by atoms with E-state index in [0.717, 1.165) is 12.8 Å². The summed E-state index contributed by atoms with van der Waals surface area (Å²) in [5, 5.41) is 9.35. The van der Waals surface area contributed by atoms with E-state index in [1.165, 1.54) is 44.1 Å². The smallest absolute Gasteiger partial charge is 0.0726 e. The summed E-state index contributed by atoms with van der Waals surface area (Å²) in [5.74, 6) is 0. The average molecular weight is 192 g/mol. The van der Waals surface area contributed by atoms with Gasteiger partial charge >= 0.3 is 0 Å². The van der Waals surface area contributed by atoms with Crippen LogP contribution in [0.1, 0.15) is 51.4 Å². The molecule has 0 heterocycles. The van der Waals surface area contributed by atoms with E-state index in [1.807, 2.05) is 0 Å². The molecule has 0 spiro atoms. The zero-order chi connectivity index (χ0) is 9.80. The fourth-order valence-corrected chi connectivity index (χ4v) is 2.43. The lowest BCUT2D eigenvalue weighted by Gasteiger charge is -2.12. The Morgan fingerprint density at radius 1 is 1.14 bits per heavy atom. The fourth-order valence-electron chi connectivity index (χ4n) is 2.43. The normalized spacial score (nSPS) is 27.4. The third-order valence-corrected chi connectivity index (χ3v) is 3.34. The van der Waals surface area contributed by atoms with Crippen molar-refractivity contribution in [3.63, 3.8) is 0 Å². The molecule has 0 aliphatic heterocycles. The molecule has 1 N–H and O–H groups in total. The summed E-state index contributed by atoms with van der Waals surface area (Å²) in [6, 6.07) is 0. The summed E-state index contributed by atoms with van der Waals surface area (Å²) in [4.78, 5) is 0. The first kappa shape index (κ1) is 9.97. The Hall–Kier alpha value is -0.560. The largest absolute Gasteiger partial charge is 0.389 e. The van der Waals surface area contributed by atoms with Crippen molar-refractivity contribution in [1.82, 2.24) is 0 Å². The van der Waals surface area contributed by atoms with Gasteiger partial charge in [0.1, 0.15) is 0 Å². The number of allylic oxidation sites excluding steroid dienone is 3. The van der Waals surface area contributed by atoms with Crippen molar-refractivity contribution >= 4 is 0 Å². The van der Waals surface area contributed by atoms with Gasteiger partial charge in [0.25, 0.3) is 0 Å². The second kappa shape index (κ2) is 4.79. The minimum Gasteiger partial charge on any atom is -0.389 e. The Labute approximate surface area is 86.5 Å². The minimum absolute atomic E-state index is 0.148. The lowest BCUT2D eigenvalue weighted by atomic mass is 9.94. The molecule has 0 fully saturated rings. The first-order valence-electron chi connectivity index (χ1n) is 5.90. The number of aliphatic hydroxyl groups excluding tert-OH is 1. The lowest BCUT2D eigenvalue weighted by molar-refractivity contribution is 0.223. The molecule has 0 aromatic carbocycles. The molecule has 1 atom stereocenters. The lowest BCUT2D eigenvalue weighted by Crippen LogP contribution is -1.93. The van der Waals surface area contributed by atoms with Crippen molar-refractivity contribution in [3.05, 3.63) is 23.3 Å². The number of hydrogen-bond donors (Lipinski definition) is 1. The van der Waals surface area contributed by atoms with Gasteiger partial charge in [-0.15, -0.1) is 0 Å². The molecule has 0 bridgehead atoms. The van der Waals surface area contributed by atoms with Gasteiger partial charge in [-0.25, -0.2) is 0 Å². The average Bonchev–Trinajstić information content (AvgIpc) is 2.63. The van der Waals surface area contributed by atoms with Crippen LogP contribution in [0.4, 0.5) is 0 Å². The molecular weight excluding hydrogens is 172 g/mol. The molecule has 0 radical (unpaired) electrons. The number of rotatable bonds is 3. The Morgan fingerprint density at radius 2 is 2.00 bits per heavy atom. The van der Waals surface area contributed by atoms with E-state index >= 15 is 0 Å². The van der Waals surface area contributed by atoms with Crippen LogP contribution < -0.4 is 0 Å². The van der Waals surface area contributed by atoms with Gasteiger partial charge in [-0.1, -0.05) is 23.3 Å². The van der Waals surface area contributed by atoms with Gasteiger partial charge in [0.05, 0.1) is 6.10 Å². The van der Waals surface area contributed by atoms with Crippen LogP contribution in [0, 0.1) is 0 Å². The predicted molar refractivity (Wildman–Crippen MR) is 59.1 cm³/mol. The monoisotopic (exact) mass is 192 g/mol. The molecule has 1 heteroatoms. The van der Waals surface area contributed by atoms with Gasteiger partial charge in [0.15, 0.2) is 0 Å². The predicted octanol–water partition coefficient (Wildman–Crippen LogP) is 3.35. The van der Waals surface area contributed by atoms with Crippen molar-refractivity contribution in [2.45, 2.75) is 57.5 Å². The third kappa shape index (κ3) is 2.71. The summed E-state index contributed by atoms with van der Waals surface area (Å²) < 4.78 is 0. The molecule has 0 saturated carbocycles. The highest BCUT2D eigenvalue weighted by atomic mass is 16.3. The van der Waals surface area contributed by atoms with Crippen molar-refractivity contribution in [1.29, 1.82) is 0 Å². The summed E-state index contributed by atoms with van der Waals surface area (Å²) in [5.41, 5.74) is 3.13. The van der Waals surface area contributed by atoms with Crippen LogP contribution in [0.5, 0.6) is 0 Å². The van der Waals surface area contributed by atoms with E-state index < -0.39 is 0 Å². The van der Waals surface area contributed by atoms with Crippen LogP contribution in [0.2, 0.25) is 0 Å². The molecular formula is C13H20O. The Morgan fingerprint density at radius 3 is 2.64 bits per heavy atom. The molecule has 0 aromatic heterocycles. The standard InChI is InChI=1S/C13H20O/c14-13-9-8-12(10-13)7-6-11-4-2-1-3-5-11/h4,10,13-14H,1-3,5-9H2. The Balaban J connectivity index is 1.76. The van der Waals surface area contributed by atoms with Crippen molar-refractivity contribution in [3.8, 4) is 0 Å². The topological polar surface area (TPSA) is 20.2 Å². The molecule has 0 saturated heterocycles. The maximum absolute atomic E-state index is 9.35. The SMILES string of the molecule is OC1C=C(CCC2=CCCCC2)CC1. The van der Waals surface area contributed by atoms with Crippen LogP contribution in [0.3, 0.4) is 0 Å². The van der Waals surface area contributed by atoms with Gasteiger partial charge < -0.3 is 5.11 Å². The maximum atomic E-state index is 9.35. The van der Waals surface area contributed by atoms with Crippen molar-refractivity contribution in [2.75, 3.05) is 0 Å². The zero-order valence-corrected chi connectivity index (χ0v) is 8.84. The maximum Gasteiger partial charge on any atom is 0.0726 e. The van der Waals surface area contributed by atoms with Gasteiger partial charge in [0, 0.05) is 0 Å². The second-order valence-corrected chi connectivity index (χ2v) is 4.54. The van der Waals surface area contributed by atoms with Gasteiger partial charge in [0.2, 0.25) is 0 Å². The van der Waals surface area contributed by atoms with Gasteiger partial charge in [-0.3, -0.25) is 0 Å². The molecule has 1 unspecified atom stereocenters. The quantitative estimate of drug-likeness (QED) is 0.680. The summed E-state index contributed by atoms with van der Waals surface area (Å²) >= 11 is 0. The fraction of sp³-hybridized carbons (Fsp3) is 0.692.